The fourth-order valence-corrected chi connectivity index (χ4v) is 3.27. The first-order valence-corrected chi connectivity index (χ1v) is 7.57. The van der Waals surface area contributed by atoms with Gasteiger partial charge in [-0.15, -0.1) is 0 Å². The van der Waals surface area contributed by atoms with Gasteiger partial charge in [0.1, 0.15) is 0 Å². The molecule has 1 aromatic rings. The Morgan fingerprint density at radius 1 is 1.20 bits per heavy atom. The minimum Gasteiger partial charge on any atom is -0.369 e. The van der Waals surface area contributed by atoms with E-state index in [9.17, 15) is 4.79 Å². The van der Waals surface area contributed by atoms with Crippen LogP contribution >= 0.6 is 0 Å². The molecule has 2 heterocycles. The normalized spacial score (nSPS) is 19.4. The highest BCUT2D eigenvalue weighted by Crippen LogP contribution is 2.27. The van der Waals surface area contributed by atoms with E-state index in [0.717, 1.165) is 52.1 Å². The van der Waals surface area contributed by atoms with Crippen LogP contribution in [0.25, 0.3) is 0 Å². The summed E-state index contributed by atoms with van der Waals surface area (Å²) in [6.07, 6.45) is 2.17. The third kappa shape index (κ3) is 2.66. The summed E-state index contributed by atoms with van der Waals surface area (Å²) >= 11 is 0. The van der Waals surface area contributed by atoms with Crippen LogP contribution in [0.2, 0.25) is 0 Å². The molecule has 1 N–H and O–H groups in total. The van der Waals surface area contributed by atoms with E-state index >= 15 is 0 Å². The summed E-state index contributed by atoms with van der Waals surface area (Å²) in [6.45, 7) is 7.43. The largest absolute Gasteiger partial charge is 0.369 e. The van der Waals surface area contributed by atoms with Crippen LogP contribution in [0.15, 0.2) is 18.2 Å². The van der Waals surface area contributed by atoms with E-state index in [1.807, 2.05) is 4.90 Å². The van der Waals surface area contributed by atoms with Crippen LogP contribution in [0.3, 0.4) is 0 Å². The Balaban J connectivity index is 1.81. The Bertz CT molecular complexity index is 500. The molecule has 4 heteroatoms. The SMILES string of the molecule is CC(=O)N1CCCN(c2cccc3c2CNCC3)CC1. The molecule has 4 nitrogen and oxygen atoms in total. The number of nitrogens with one attached hydrogen (secondary N) is 1. The highest BCUT2D eigenvalue weighted by Gasteiger charge is 2.20. The number of amides is 1. The molecular weight excluding hydrogens is 250 g/mol. The zero-order valence-electron chi connectivity index (χ0n) is 12.2. The molecule has 0 bridgehead atoms. The van der Waals surface area contributed by atoms with Gasteiger partial charge in [-0.3, -0.25) is 4.79 Å². The molecule has 0 saturated carbocycles. The van der Waals surface area contributed by atoms with Gasteiger partial charge >= 0.3 is 0 Å². The van der Waals surface area contributed by atoms with Crippen molar-refractivity contribution in [3.8, 4) is 0 Å². The quantitative estimate of drug-likeness (QED) is 0.840. The van der Waals surface area contributed by atoms with Gasteiger partial charge in [-0.2, -0.15) is 0 Å². The lowest BCUT2D eigenvalue weighted by atomic mass is 9.98. The number of anilines is 1. The topological polar surface area (TPSA) is 35.6 Å². The molecule has 2 aliphatic heterocycles. The predicted octanol–water partition coefficient (Wildman–Crippen LogP) is 1.39. The van der Waals surface area contributed by atoms with Crippen molar-refractivity contribution in [1.82, 2.24) is 10.2 Å². The van der Waals surface area contributed by atoms with E-state index in [4.69, 9.17) is 0 Å². The minimum atomic E-state index is 0.198. The first-order valence-electron chi connectivity index (χ1n) is 7.57. The zero-order valence-corrected chi connectivity index (χ0v) is 12.2. The second-order valence-electron chi connectivity index (χ2n) is 5.69. The molecular formula is C16H23N3O. The lowest BCUT2D eigenvalue weighted by Crippen LogP contribution is -2.34. The van der Waals surface area contributed by atoms with Crippen molar-refractivity contribution in [2.45, 2.75) is 26.3 Å². The Hall–Kier alpha value is -1.55. The summed E-state index contributed by atoms with van der Waals surface area (Å²) in [6, 6.07) is 6.65. The third-order valence-corrected chi connectivity index (χ3v) is 4.40. The molecule has 0 radical (unpaired) electrons. The maximum absolute atomic E-state index is 11.5. The number of hydrogen-bond acceptors (Lipinski definition) is 3. The van der Waals surface area contributed by atoms with Crippen molar-refractivity contribution in [2.75, 3.05) is 37.6 Å². The summed E-state index contributed by atoms with van der Waals surface area (Å²) in [5, 5.41) is 3.47. The first-order chi connectivity index (χ1) is 9.75. The van der Waals surface area contributed by atoms with Crippen molar-refractivity contribution in [1.29, 1.82) is 0 Å². The Morgan fingerprint density at radius 2 is 2.10 bits per heavy atom. The number of carbonyl (C=O) groups excluding carboxylic acids is 1. The van der Waals surface area contributed by atoms with E-state index in [-0.39, 0.29) is 5.91 Å². The molecule has 0 spiro atoms. The highest BCUT2D eigenvalue weighted by molar-refractivity contribution is 5.73. The van der Waals surface area contributed by atoms with Crippen LogP contribution < -0.4 is 10.2 Å². The Morgan fingerprint density at radius 3 is 2.95 bits per heavy atom. The second kappa shape index (κ2) is 5.83. The molecule has 3 rings (SSSR count). The number of rotatable bonds is 1. The molecule has 2 aliphatic rings. The summed E-state index contributed by atoms with van der Waals surface area (Å²) in [4.78, 5) is 15.9. The summed E-state index contributed by atoms with van der Waals surface area (Å²) in [5.41, 5.74) is 4.30. The standard InChI is InChI=1S/C16H23N3O/c1-13(20)18-8-3-9-19(11-10-18)16-5-2-4-14-6-7-17-12-15(14)16/h2,4-5,17H,3,6-12H2,1H3. The summed E-state index contributed by atoms with van der Waals surface area (Å²) in [7, 11) is 0. The monoisotopic (exact) mass is 273 g/mol. The van der Waals surface area contributed by atoms with Gasteiger partial charge in [-0.25, -0.2) is 0 Å². The van der Waals surface area contributed by atoms with Crippen molar-refractivity contribution in [3.63, 3.8) is 0 Å². The molecule has 1 aromatic carbocycles. The molecule has 108 valence electrons. The van der Waals surface area contributed by atoms with Gasteiger partial charge in [0.05, 0.1) is 0 Å². The fraction of sp³-hybridized carbons (Fsp3) is 0.562. The molecule has 1 saturated heterocycles. The molecule has 0 unspecified atom stereocenters. The van der Waals surface area contributed by atoms with E-state index in [2.05, 4.69) is 28.4 Å². The molecule has 0 aromatic heterocycles. The molecule has 0 atom stereocenters. The number of carbonyl (C=O) groups is 1. The number of hydrogen-bond donors (Lipinski definition) is 1. The van der Waals surface area contributed by atoms with Gasteiger partial charge in [0.2, 0.25) is 5.91 Å². The lowest BCUT2D eigenvalue weighted by Gasteiger charge is -2.29. The number of fused-ring (bicyclic) bond motifs is 1. The van der Waals surface area contributed by atoms with Crippen molar-refractivity contribution >= 4 is 11.6 Å². The van der Waals surface area contributed by atoms with E-state index in [1.165, 1.54) is 16.8 Å². The van der Waals surface area contributed by atoms with Gasteiger partial charge in [0.15, 0.2) is 0 Å². The maximum Gasteiger partial charge on any atom is 0.219 e. The van der Waals surface area contributed by atoms with E-state index in [0.29, 0.717) is 0 Å². The van der Waals surface area contributed by atoms with Gasteiger partial charge < -0.3 is 15.1 Å². The van der Waals surface area contributed by atoms with Crippen molar-refractivity contribution in [2.24, 2.45) is 0 Å². The van der Waals surface area contributed by atoms with Gasteiger partial charge in [0, 0.05) is 45.3 Å². The average Bonchev–Trinajstić information content (AvgIpc) is 2.72. The van der Waals surface area contributed by atoms with Crippen LogP contribution in [0.5, 0.6) is 0 Å². The highest BCUT2D eigenvalue weighted by atomic mass is 16.2. The van der Waals surface area contributed by atoms with Crippen LogP contribution in [-0.4, -0.2) is 43.5 Å². The van der Waals surface area contributed by atoms with Crippen LogP contribution in [0.1, 0.15) is 24.5 Å². The summed E-state index contributed by atoms with van der Waals surface area (Å²) < 4.78 is 0. The van der Waals surface area contributed by atoms with Crippen LogP contribution in [0, 0.1) is 0 Å². The fourth-order valence-electron chi connectivity index (χ4n) is 3.27. The summed E-state index contributed by atoms with van der Waals surface area (Å²) in [5.74, 6) is 0.198. The van der Waals surface area contributed by atoms with E-state index in [1.54, 1.807) is 6.92 Å². The Labute approximate surface area is 120 Å². The molecule has 1 amide bonds. The minimum absolute atomic E-state index is 0.198. The van der Waals surface area contributed by atoms with Gasteiger partial charge in [-0.1, -0.05) is 12.1 Å². The molecule has 0 aliphatic carbocycles. The maximum atomic E-state index is 11.5. The average molecular weight is 273 g/mol. The van der Waals surface area contributed by atoms with E-state index < -0.39 is 0 Å². The van der Waals surface area contributed by atoms with Crippen LogP contribution in [0.4, 0.5) is 5.69 Å². The third-order valence-electron chi connectivity index (χ3n) is 4.40. The zero-order chi connectivity index (χ0) is 13.9. The predicted molar refractivity (Wildman–Crippen MR) is 80.9 cm³/mol. The number of benzene rings is 1. The Kier molecular flexibility index (Phi) is 3.92. The lowest BCUT2D eigenvalue weighted by molar-refractivity contribution is -0.128. The van der Waals surface area contributed by atoms with Crippen molar-refractivity contribution < 1.29 is 4.79 Å². The second-order valence-corrected chi connectivity index (χ2v) is 5.69. The van der Waals surface area contributed by atoms with Gasteiger partial charge in [-0.05, 0) is 36.6 Å². The molecule has 1 fully saturated rings. The number of nitrogens with zero attached hydrogens (tertiary/aromatic N) is 2. The van der Waals surface area contributed by atoms with Crippen LogP contribution in [-0.2, 0) is 17.8 Å². The van der Waals surface area contributed by atoms with Gasteiger partial charge in [0.25, 0.3) is 0 Å². The first kappa shape index (κ1) is 13.4. The smallest absolute Gasteiger partial charge is 0.219 e. The molecule has 20 heavy (non-hydrogen) atoms. The van der Waals surface area contributed by atoms with Crippen molar-refractivity contribution in [3.05, 3.63) is 29.3 Å².